The summed E-state index contributed by atoms with van der Waals surface area (Å²) in [6, 6.07) is 8.55. The summed E-state index contributed by atoms with van der Waals surface area (Å²) in [4.78, 5) is 24.1. The predicted octanol–water partition coefficient (Wildman–Crippen LogP) is 3.75. The number of carbonyl (C=O) groups excluding carboxylic acids is 2. The van der Waals surface area contributed by atoms with Crippen LogP contribution in [0.5, 0.6) is 5.75 Å². The van der Waals surface area contributed by atoms with Gasteiger partial charge in [0.15, 0.2) is 29.7 Å². The summed E-state index contributed by atoms with van der Waals surface area (Å²) in [7, 11) is 0. The third kappa shape index (κ3) is 5.22. The van der Waals surface area contributed by atoms with E-state index in [4.69, 9.17) is 9.47 Å². The number of halogens is 3. The SMILES string of the molecule is Cc1cccc(O[C@H](C)C(=O)O[C@@H](C)C(=O)Nc2ccc(F)c(F)c2F)c1. The first-order chi connectivity index (χ1) is 12.7. The molecule has 1 N–H and O–H groups in total. The Morgan fingerprint density at radius 1 is 1.00 bits per heavy atom. The van der Waals surface area contributed by atoms with Crippen molar-refractivity contribution >= 4 is 17.6 Å². The molecule has 0 aromatic heterocycles. The number of hydrogen-bond donors (Lipinski definition) is 1. The molecule has 0 heterocycles. The first-order valence-corrected chi connectivity index (χ1v) is 8.07. The van der Waals surface area contributed by atoms with E-state index in [2.05, 4.69) is 0 Å². The third-order valence-corrected chi connectivity index (χ3v) is 3.59. The van der Waals surface area contributed by atoms with Crippen LogP contribution in [-0.4, -0.2) is 24.1 Å². The zero-order chi connectivity index (χ0) is 20.1. The van der Waals surface area contributed by atoms with Crippen molar-refractivity contribution in [2.75, 3.05) is 5.32 Å². The minimum atomic E-state index is -1.71. The molecule has 0 unspecified atom stereocenters. The number of carbonyl (C=O) groups is 2. The number of ether oxygens (including phenoxy) is 2. The zero-order valence-corrected chi connectivity index (χ0v) is 14.9. The van der Waals surface area contributed by atoms with E-state index in [1.54, 1.807) is 18.2 Å². The van der Waals surface area contributed by atoms with Gasteiger partial charge in [-0.05, 0) is 50.6 Å². The van der Waals surface area contributed by atoms with Gasteiger partial charge < -0.3 is 14.8 Å². The van der Waals surface area contributed by atoms with Gasteiger partial charge in [-0.3, -0.25) is 4.79 Å². The summed E-state index contributed by atoms with van der Waals surface area (Å²) in [6.45, 7) is 4.56. The minimum absolute atomic E-state index is 0.459. The minimum Gasteiger partial charge on any atom is -0.479 e. The number of benzene rings is 2. The molecule has 8 heteroatoms. The van der Waals surface area contributed by atoms with Crippen LogP contribution in [0.2, 0.25) is 0 Å². The maximum absolute atomic E-state index is 13.6. The molecule has 0 radical (unpaired) electrons. The molecule has 2 rings (SSSR count). The quantitative estimate of drug-likeness (QED) is 0.611. The number of anilines is 1. The number of aryl methyl sites for hydroxylation is 1. The molecule has 0 spiro atoms. The smallest absolute Gasteiger partial charge is 0.347 e. The Morgan fingerprint density at radius 3 is 2.37 bits per heavy atom. The highest BCUT2D eigenvalue weighted by atomic mass is 19.2. The van der Waals surface area contributed by atoms with Gasteiger partial charge in [-0.25, -0.2) is 18.0 Å². The first kappa shape index (κ1) is 20.3. The van der Waals surface area contributed by atoms with Crippen molar-refractivity contribution in [3.05, 3.63) is 59.4 Å². The van der Waals surface area contributed by atoms with E-state index in [0.717, 1.165) is 11.6 Å². The highest BCUT2D eigenvalue weighted by Crippen LogP contribution is 2.20. The summed E-state index contributed by atoms with van der Waals surface area (Å²) in [5.74, 6) is -5.90. The van der Waals surface area contributed by atoms with Gasteiger partial charge in [0.25, 0.3) is 5.91 Å². The van der Waals surface area contributed by atoms with E-state index in [-0.39, 0.29) is 0 Å². The molecule has 0 aliphatic carbocycles. The maximum atomic E-state index is 13.6. The van der Waals surface area contributed by atoms with Gasteiger partial charge in [0.2, 0.25) is 0 Å². The second-order valence-electron chi connectivity index (χ2n) is 5.87. The van der Waals surface area contributed by atoms with Gasteiger partial charge in [-0.15, -0.1) is 0 Å². The van der Waals surface area contributed by atoms with Gasteiger partial charge in [-0.1, -0.05) is 12.1 Å². The van der Waals surface area contributed by atoms with Crippen LogP contribution in [0.4, 0.5) is 18.9 Å². The Bertz CT molecular complexity index is 857. The molecule has 0 aliphatic heterocycles. The van der Waals surface area contributed by atoms with Crippen LogP contribution in [0, 0.1) is 24.4 Å². The largest absolute Gasteiger partial charge is 0.479 e. The van der Waals surface area contributed by atoms with Crippen LogP contribution in [0.25, 0.3) is 0 Å². The molecule has 5 nitrogen and oxygen atoms in total. The second-order valence-corrected chi connectivity index (χ2v) is 5.87. The molecule has 0 fully saturated rings. The molecule has 0 bridgehead atoms. The van der Waals surface area contributed by atoms with E-state index >= 15 is 0 Å². The van der Waals surface area contributed by atoms with Crippen LogP contribution in [0.15, 0.2) is 36.4 Å². The van der Waals surface area contributed by atoms with E-state index < -0.39 is 47.2 Å². The number of esters is 1. The van der Waals surface area contributed by atoms with Gasteiger partial charge in [-0.2, -0.15) is 0 Å². The van der Waals surface area contributed by atoms with Crippen LogP contribution in [0.1, 0.15) is 19.4 Å². The molecule has 2 atom stereocenters. The maximum Gasteiger partial charge on any atom is 0.347 e. The molecule has 27 heavy (non-hydrogen) atoms. The molecular weight excluding hydrogens is 363 g/mol. The topological polar surface area (TPSA) is 64.6 Å². The van der Waals surface area contributed by atoms with Crippen molar-refractivity contribution in [2.45, 2.75) is 33.0 Å². The van der Waals surface area contributed by atoms with E-state index in [1.165, 1.54) is 13.8 Å². The molecule has 0 saturated carbocycles. The highest BCUT2D eigenvalue weighted by molar-refractivity contribution is 5.95. The van der Waals surface area contributed by atoms with Gasteiger partial charge in [0, 0.05) is 0 Å². The van der Waals surface area contributed by atoms with Gasteiger partial charge in [0.1, 0.15) is 5.75 Å². The molecule has 144 valence electrons. The average Bonchev–Trinajstić information content (AvgIpc) is 2.62. The Morgan fingerprint density at radius 2 is 1.70 bits per heavy atom. The van der Waals surface area contributed by atoms with Crippen LogP contribution >= 0.6 is 0 Å². The summed E-state index contributed by atoms with van der Waals surface area (Å²) < 4.78 is 50.1. The predicted molar refractivity (Wildman–Crippen MR) is 91.8 cm³/mol. The standard InChI is InChI=1S/C19H18F3NO4/c1-10-5-4-6-13(9-10)26-12(3)19(25)27-11(2)18(24)23-15-8-7-14(20)16(21)17(15)22/h4-9,11-12H,1-3H3,(H,23,24)/t11-,12+/m0/s1. The fraction of sp³-hybridized carbons (Fsp3) is 0.263. The van der Waals surface area contributed by atoms with Crippen molar-refractivity contribution < 1.29 is 32.2 Å². The normalized spacial score (nSPS) is 12.8. The lowest BCUT2D eigenvalue weighted by molar-refractivity contribution is -0.159. The highest BCUT2D eigenvalue weighted by Gasteiger charge is 2.24. The third-order valence-electron chi connectivity index (χ3n) is 3.59. The zero-order valence-electron chi connectivity index (χ0n) is 14.9. The molecule has 0 saturated heterocycles. The van der Waals surface area contributed by atoms with Crippen molar-refractivity contribution in [1.29, 1.82) is 0 Å². The first-order valence-electron chi connectivity index (χ1n) is 8.07. The summed E-state index contributed by atoms with van der Waals surface area (Å²) in [6.07, 6.45) is -2.31. The number of nitrogens with one attached hydrogen (secondary N) is 1. The van der Waals surface area contributed by atoms with Crippen molar-refractivity contribution in [3.8, 4) is 5.75 Å². The molecular formula is C19H18F3NO4. The summed E-state index contributed by atoms with van der Waals surface area (Å²) in [5.41, 5.74) is 0.375. The number of rotatable bonds is 6. The monoisotopic (exact) mass is 381 g/mol. The average molecular weight is 381 g/mol. The number of amides is 1. The molecule has 2 aromatic rings. The van der Waals surface area contributed by atoms with Gasteiger partial charge in [0.05, 0.1) is 5.69 Å². The fourth-order valence-electron chi connectivity index (χ4n) is 2.12. The van der Waals surface area contributed by atoms with Crippen molar-refractivity contribution in [1.82, 2.24) is 0 Å². The van der Waals surface area contributed by atoms with Crippen LogP contribution in [-0.2, 0) is 14.3 Å². The molecule has 0 aliphatic rings. The van der Waals surface area contributed by atoms with Crippen LogP contribution in [0.3, 0.4) is 0 Å². The molecule has 1 amide bonds. The molecule has 2 aromatic carbocycles. The Kier molecular flexibility index (Phi) is 6.44. The summed E-state index contributed by atoms with van der Waals surface area (Å²) in [5, 5.41) is 2.04. The van der Waals surface area contributed by atoms with Gasteiger partial charge >= 0.3 is 5.97 Å². The van der Waals surface area contributed by atoms with Crippen LogP contribution < -0.4 is 10.1 Å². The Balaban J connectivity index is 1.95. The Labute approximate surface area is 154 Å². The fourth-order valence-corrected chi connectivity index (χ4v) is 2.12. The lowest BCUT2D eigenvalue weighted by Gasteiger charge is -2.18. The lowest BCUT2D eigenvalue weighted by atomic mass is 10.2. The van der Waals surface area contributed by atoms with Crippen molar-refractivity contribution in [3.63, 3.8) is 0 Å². The van der Waals surface area contributed by atoms with E-state index in [1.807, 2.05) is 18.3 Å². The summed E-state index contributed by atoms with van der Waals surface area (Å²) >= 11 is 0. The second kappa shape index (κ2) is 8.57. The van der Waals surface area contributed by atoms with E-state index in [0.29, 0.717) is 11.8 Å². The van der Waals surface area contributed by atoms with Crippen molar-refractivity contribution in [2.24, 2.45) is 0 Å². The Hall–Kier alpha value is -3.03. The van der Waals surface area contributed by atoms with E-state index in [9.17, 15) is 22.8 Å². The lowest BCUT2D eigenvalue weighted by Crippen LogP contribution is -2.35. The number of hydrogen-bond acceptors (Lipinski definition) is 4.